The minimum Gasteiger partial charge on any atom is -0.355 e. The number of hydrogen-bond acceptors (Lipinski definition) is 5. The van der Waals surface area contributed by atoms with Gasteiger partial charge in [-0.2, -0.15) is 5.10 Å². The molecule has 0 aromatic carbocycles. The van der Waals surface area contributed by atoms with Crippen LogP contribution in [0.5, 0.6) is 0 Å². The van der Waals surface area contributed by atoms with Crippen LogP contribution in [0.4, 0.5) is 5.82 Å². The number of hydrogen-bond donors (Lipinski definition) is 1. The Bertz CT molecular complexity index is 1170. The fourth-order valence-corrected chi connectivity index (χ4v) is 5.22. The van der Waals surface area contributed by atoms with Crippen molar-refractivity contribution in [2.45, 2.75) is 38.3 Å². The number of aryl methyl sites for hydroxylation is 1. The predicted molar refractivity (Wildman–Crippen MR) is 119 cm³/mol. The van der Waals surface area contributed by atoms with Gasteiger partial charge in [0.15, 0.2) is 0 Å². The summed E-state index contributed by atoms with van der Waals surface area (Å²) in [5.41, 5.74) is 4.38. The third-order valence-corrected chi connectivity index (χ3v) is 7.56. The van der Waals surface area contributed by atoms with Crippen molar-refractivity contribution in [3.05, 3.63) is 58.0 Å². The molecule has 3 aromatic rings. The number of halogens is 1. The fourth-order valence-electron chi connectivity index (χ4n) is 4.78. The largest absolute Gasteiger partial charge is 0.355 e. The van der Waals surface area contributed by atoms with Gasteiger partial charge in [-0.1, -0.05) is 6.07 Å². The quantitative estimate of drug-likeness (QED) is 0.566. The van der Waals surface area contributed by atoms with E-state index < -0.39 is 0 Å². The number of fused-ring (bicyclic) bond motifs is 1. The minimum absolute atomic E-state index is 0.0331. The summed E-state index contributed by atoms with van der Waals surface area (Å²) in [4.78, 5) is 24.3. The zero-order valence-electron chi connectivity index (χ0n) is 17.4. The molecule has 2 aliphatic carbocycles. The first kappa shape index (κ1) is 19.0. The molecule has 0 bridgehead atoms. The smallest absolute Gasteiger partial charge is 0.255 e. The zero-order valence-corrected chi connectivity index (χ0v) is 19.0. The van der Waals surface area contributed by atoms with Gasteiger partial charge in [-0.05, 0) is 47.7 Å². The van der Waals surface area contributed by atoms with Crippen LogP contribution in [0.15, 0.2) is 35.5 Å². The normalized spacial score (nSPS) is 20.6. The number of rotatable bonds is 5. The molecule has 0 radical (unpaired) electrons. The average Bonchev–Trinajstić information content (AvgIpc) is 3.04. The molecule has 6 rings (SSSR count). The monoisotopic (exact) mass is 481 g/mol. The second kappa shape index (κ2) is 6.91. The molecule has 1 atom stereocenters. The highest BCUT2D eigenvalue weighted by molar-refractivity contribution is 9.10. The van der Waals surface area contributed by atoms with E-state index in [9.17, 15) is 4.79 Å². The SMILES string of the molecule is Cn1cnc2c1CC[C@H]2NC(=O)c1cnn(Cc2ccc(N3CC4(CC4)C3)nc2Br)c1. The van der Waals surface area contributed by atoms with Gasteiger partial charge in [0.05, 0.1) is 36.4 Å². The summed E-state index contributed by atoms with van der Waals surface area (Å²) in [6.07, 6.45) is 9.76. The van der Waals surface area contributed by atoms with Gasteiger partial charge >= 0.3 is 0 Å². The highest BCUT2D eigenvalue weighted by atomic mass is 79.9. The Labute approximate surface area is 188 Å². The van der Waals surface area contributed by atoms with Crippen molar-refractivity contribution in [2.75, 3.05) is 18.0 Å². The van der Waals surface area contributed by atoms with E-state index in [4.69, 9.17) is 4.98 Å². The molecule has 1 N–H and O–H groups in total. The van der Waals surface area contributed by atoms with Gasteiger partial charge < -0.3 is 14.8 Å². The first-order valence-electron chi connectivity index (χ1n) is 10.7. The lowest BCUT2D eigenvalue weighted by atomic mass is 9.97. The molecule has 1 amide bonds. The molecule has 31 heavy (non-hydrogen) atoms. The number of pyridine rings is 1. The van der Waals surface area contributed by atoms with E-state index in [1.165, 1.54) is 18.5 Å². The maximum Gasteiger partial charge on any atom is 0.255 e. The van der Waals surface area contributed by atoms with Gasteiger partial charge in [-0.15, -0.1) is 0 Å². The molecule has 1 saturated heterocycles. The van der Waals surface area contributed by atoms with Crippen LogP contribution in [-0.2, 0) is 20.0 Å². The lowest BCUT2D eigenvalue weighted by Gasteiger charge is -2.41. The van der Waals surface area contributed by atoms with Crippen molar-refractivity contribution >= 4 is 27.7 Å². The fraction of sp³-hybridized carbons (Fsp3) is 0.455. The Morgan fingerprint density at radius 3 is 2.94 bits per heavy atom. The highest BCUT2D eigenvalue weighted by Crippen LogP contribution is 2.53. The van der Waals surface area contributed by atoms with Gasteiger partial charge in [0.1, 0.15) is 10.4 Å². The Morgan fingerprint density at radius 1 is 1.32 bits per heavy atom. The van der Waals surface area contributed by atoms with E-state index in [1.807, 2.05) is 17.9 Å². The van der Waals surface area contributed by atoms with Crippen LogP contribution < -0.4 is 10.2 Å². The van der Waals surface area contributed by atoms with E-state index >= 15 is 0 Å². The third kappa shape index (κ3) is 3.35. The molecular formula is C22H24BrN7O. The molecule has 2 fully saturated rings. The van der Waals surface area contributed by atoms with Gasteiger partial charge in [-0.25, -0.2) is 9.97 Å². The van der Waals surface area contributed by atoms with E-state index in [1.54, 1.807) is 17.1 Å². The number of nitrogens with one attached hydrogen (secondary N) is 1. The number of anilines is 1. The maximum absolute atomic E-state index is 12.7. The Morgan fingerprint density at radius 2 is 2.16 bits per heavy atom. The van der Waals surface area contributed by atoms with Gasteiger partial charge in [0.25, 0.3) is 5.91 Å². The van der Waals surface area contributed by atoms with Crippen LogP contribution in [-0.4, -0.2) is 43.3 Å². The van der Waals surface area contributed by atoms with Crippen molar-refractivity contribution in [3.8, 4) is 0 Å². The molecule has 8 nitrogen and oxygen atoms in total. The standard InChI is InChI=1S/C22H24BrN7O/c1-28-13-24-19-16(3-4-17(19)28)26-21(31)15-8-25-30(10-15)9-14-2-5-18(27-20(14)23)29-11-22(12-29)6-7-22/h2,5,8,10,13,16H,3-4,6-7,9,11-12H2,1H3,(H,26,31)/t16-/m1/s1. The summed E-state index contributed by atoms with van der Waals surface area (Å²) < 4.78 is 4.64. The Balaban J connectivity index is 1.11. The molecule has 1 spiro atoms. The van der Waals surface area contributed by atoms with E-state index in [0.29, 0.717) is 17.5 Å². The molecule has 160 valence electrons. The van der Waals surface area contributed by atoms with Gasteiger partial charge in [0, 0.05) is 43.0 Å². The van der Waals surface area contributed by atoms with E-state index in [0.717, 1.165) is 47.6 Å². The molecule has 1 aliphatic heterocycles. The maximum atomic E-state index is 12.7. The molecule has 3 aromatic heterocycles. The van der Waals surface area contributed by atoms with E-state index in [-0.39, 0.29) is 11.9 Å². The number of aromatic nitrogens is 5. The van der Waals surface area contributed by atoms with Crippen molar-refractivity contribution < 1.29 is 4.79 Å². The molecule has 3 aliphatic rings. The summed E-state index contributed by atoms with van der Waals surface area (Å²) >= 11 is 3.61. The summed E-state index contributed by atoms with van der Waals surface area (Å²) in [5.74, 6) is 0.910. The molecule has 0 unspecified atom stereocenters. The summed E-state index contributed by atoms with van der Waals surface area (Å²) in [6.45, 7) is 2.81. The molecular weight excluding hydrogens is 458 g/mol. The van der Waals surface area contributed by atoms with Gasteiger partial charge in [-0.3, -0.25) is 9.48 Å². The van der Waals surface area contributed by atoms with Crippen molar-refractivity contribution in [3.63, 3.8) is 0 Å². The van der Waals surface area contributed by atoms with Crippen molar-refractivity contribution in [1.82, 2.24) is 29.6 Å². The van der Waals surface area contributed by atoms with Crippen molar-refractivity contribution in [2.24, 2.45) is 12.5 Å². The summed E-state index contributed by atoms with van der Waals surface area (Å²) in [6, 6.07) is 4.14. The second-order valence-electron chi connectivity index (χ2n) is 9.15. The van der Waals surface area contributed by atoms with Crippen LogP contribution >= 0.6 is 15.9 Å². The Hall–Kier alpha value is -2.68. The van der Waals surface area contributed by atoms with Gasteiger partial charge in [0.2, 0.25) is 0 Å². The number of carbonyl (C=O) groups excluding carboxylic acids is 1. The summed E-state index contributed by atoms with van der Waals surface area (Å²) in [7, 11) is 1.99. The van der Waals surface area contributed by atoms with Crippen LogP contribution in [0.25, 0.3) is 0 Å². The van der Waals surface area contributed by atoms with Crippen LogP contribution in [0.1, 0.15) is 52.6 Å². The zero-order chi connectivity index (χ0) is 21.2. The first-order chi connectivity index (χ1) is 15.0. The molecule has 4 heterocycles. The number of carbonyl (C=O) groups is 1. The Kier molecular flexibility index (Phi) is 4.25. The van der Waals surface area contributed by atoms with Crippen LogP contribution in [0, 0.1) is 5.41 Å². The van der Waals surface area contributed by atoms with Crippen LogP contribution in [0.2, 0.25) is 0 Å². The lowest BCUT2D eigenvalue weighted by Crippen LogP contribution is -2.48. The third-order valence-electron chi connectivity index (χ3n) is 6.87. The number of amides is 1. The number of nitrogens with zero attached hydrogens (tertiary/aromatic N) is 6. The predicted octanol–water partition coefficient (Wildman–Crippen LogP) is 2.84. The summed E-state index contributed by atoms with van der Waals surface area (Å²) in [5, 5.41) is 7.49. The molecule has 1 saturated carbocycles. The van der Waals surface area contributed by atoms with E-state index in [2.05, 4.69) is 48.4 Å². The average molecular weight is 482 g/mol. The molecule has 9 heteroatoms. The number of imidazole rings is 1. The second-order valence-corrected chi connectivity index (χ2v) is 9.91. The lowest BCUT2D eigenvalue weighted by molar-refractivity contribution is 0.0936. The minimum atomic E-state index is -0.117. The first-order valence-corrected chi connectivity index (χ1v) is 11.5. The van der Waals surface area contributed by atoms with Crippen LogP contribution in [0.3, 0.4) is 0 Å². The highest BCUT2D eigenvalue weighted by Gasteiger charge is 2.52. The topological polar surface area (TPSA) is 80.9 Å². The van der Waals surface area contributed by atoms with Crippen molar-refractivity contribution in [1.29, 1.82) is 0 Å².